The fraction of sp³-hybridized carbons (Fsp3) is 0.375. The van der Waals surface area contributed by atoms with Gasteiger partial charge in [-0.2, -0.15) is 5.10 Å². The van der Waals surface area contributed by atoms with Gasteiger partial charge in [0.2, 0.25) is 0 Å². The van der Waals surface area contributed by atoms with Crippen molar-refractivity contribution in [3.63, 3.8) is 0 Å². The average molecular weight is 373 g/mol. The molecule has 5 rings (SSSR count). The number of aromatic nitrogens is 2. The number of hydrogen-bond acceptors (Lipinski definition) is 3. The van der Waals surface area contributed by atoms with Crippen molar-refractivity contribution in [3.05, 3.63) is 78.0 Å². The Kier molecular flexibility index (Phi) is 4.75. The number of H-pyrrole nitrogens is 1. The van der Waals surface area contributed by atoms with Crippen molar-refractivity contribution in [3.8, 4) is 11.3 Å². The van der Waals surface area contributed by atoms with Crippen LogP contribution in [0.4, 0.5) is 0 Å². The summed E-state index contributed by atoms with van der Waals surface area (Å²) < 4.78 is 0. The van der Waals surface area contributed by atoms with Crippen molar-refractivity contribution in [1.29, 1.82) is 0 Å². The van der Waals surface area contributed by atoms with Crippen LogP contribution in [-0.4, -0.2) is 41.3 Å². The minimum Gasteiger partial charge on any atom is -0.316 e. The molecule has 2 fully saturated rings. The van der Waals surface area contributed by atoms with E-state index in [4.69, 9.17) is 0 Å². The van der Waals surface area contributed by atoms with E-state index in [2.05, 4.69) is 81.1 Å². The predicted octanol–water partition coefficient (Wildman–Crippen LogP) is 3.73. The Bertz CT molecular complexity index is 905. The lowest BCUT2D eigenvalue weighted by Gasteiger charge is -2.28. The van der Waals surface area contributed by atoms with Crippen LogP contribution < -0.4 is 5.32 Å². The van der Waals surface area contributed by atoms with Crippen molar-refractivity contribution < 1.29 is 0 Å². The molecular weight excluding hydrogens is 344 g/mol. The largest absolute Gasteiger partial charge is 0.316 e. The van der Waals surface area contributed by atoms with E-state index in [0.29, 0.717) is 5.41 Å². The maximum atomic E-state index is 4.34. The van der Waals surface area contributed by atoms with Gasteiger partial charge in [-0.3, -0.25) is 10.00 Å². The van der Waals surface area contributed by atoms with Crippen LogP contribution in [-0.2, 0) is 13.0 Å². The summed E-state index contributed by atoms with van der Waals surface area (Å²) in [7, 11) is 0. The Balaban J connectivity index is 1.29. The molecule has 4 nitrogen and oxygen atoms in total. The van der Waals surface area contributed by atoms with Crippen LogP contribution in [0.3, 0.4) is 0 Å². The molecule has 4 heteroatoms. The third kappa shape index (κ3) is 3.38. The minimum absolute atomic E-state index is 0.409. The molecule has 28 heavy (non-hydrogen) atoms. The van der Waals surface area contributed by atoms with Crippen LogP contribution >= 0.6 is 0 Å². The molecule has 144 valence electrons. The van der Waals surface area contributed by atoms with E-state index in [1.165, 1.54) is 42.6 Å². The number of nitrogens with zero attached hydrogens (tertiary/aromatic N) is 2. The van der Waals surface area contributed by atoms with Crippen LogP contribution in [0, 0.1) is 11.3 Å². The predicted molar refractivity (Wildman–Crippen MR) is 113 cm³/mol. The number of fused-ring (bicyclic) bond motifs is 1. The minimum atomic E-state index is 0.409. The molecule has 0 saturated carbocycles. The van der Waals surface area contributed by atoms with Crippen LogP contribution in [0.15, 0.2) is 66.9 Å². The fourth-order valence-electron chi connectivity index (χ4n) is 5.18. The van der Waals surface area contributed by atoms with Crippen LogP contribution in [0.25, 0.3) is 11.3 Å². The second-order valence-corrected chi connectivity index (χ2v) is 8.48. The van der Waals surface area contributed by atoms with Gasteiger partial charge < -0.3 is 5.32 Å². The third-order valence-corrected chi connectivity index (χ3v) is 6.68. The van der Waals surface area contributed by atoms with E-state index in [-0.39, 0.29) is 0 Å². The van der Waals surface area contributed by atoms with Crippen LogP contribution in [0.5, 0.6) is 0 Å². The second kappa shape index (κ2) is 7.53. The number of hydrogen-bond donors (Lipinski definition) is 2. The van der Waals surface area contributed by atoms with E-state index in [1.54, 1.807) is 0 Å². The van der Waals surface area contributed by atoms with Crippen LogP contribution in [0.2, 0.25) is 0 Å². The van der Waals surface area contributed by atoms with Crippen molar-refractivity contribution in [2.45, 2.75) is 19.4 Å². The highest BCUT2D eigenvalue weighted by Crippen LogP contribution is 2.43. The zero-order valence-corrected chi connectivity index (χ0v) is 16.3. The number of rotatable bonds is 6. The summed E-state index contributed by atoms with van der Waals surface area (Å²) in [6.45, 7) is 5.64. The van der Waals surface area contributed by atoms with Gasteiger partial charge in [0.25, 0.3) is 0 Å². The smallest absolute Gasteiger partial charge is 0.0695 e. The molecule has 2 aliphatic rings. The zero-order valence-electron chi connectivity index (χ0n) is 16.3. The molecule has 3 heterocycles. The third-order valence-electron chi connectivity index (χ3n) is 6.68. The van der Waals surface area contributed by atoms with Gasteiger partial charge in [0.15, 0.2) is 0 Å². The summed E-state index contributed by atoms with van der Waals surface area (Å²) in [5, 5.41) is 11.2. The van der Waals surface area contributed by atoms with E-state index >= 15 is 0 Å². The summed E-state index contributed by atoms with van der Waals surface area (Å²) >= 11 is 0. The molecule has 2 aromatic carbocycles. The van der Waals surface area contributed by atoms with Gasteiger partial charge in [-0.15, -0.1) is 0 Å². The summed E-state index contributed by atoms with van der Waals surface area (Å²) in [5.41, 5.74) is 5.55. The van der Waals surface area contributed by atoms with Crippen molar-refractivity contribution in [2.75, 3.05) is 26.2 Å². The summed E-state index contributed by atoms with van der Waals surface area (Å²) in [6, 6.07) is 21.5. The number of aryl methyl sites for hydroxylation is 1. The summed E-state index contributed by atoms with van der Waals surface area (Å²) in [5.74, 6) is 0.753. The first-order valence-electron chi connectivity index (χ1n) is 10.4. The molecule has 2 unspecified atom stereocenters. The molecule has 2 atom stereocenters. The van der Waals surface area contributed by atoms with Gasteiger partial charge in [-0.05, 0) is 36.4 Å². The van der Waals surface area contributed by atoms with Crippen molar-refractivity contribution in [1.82, 2.24) is 20.4 Å². The normalized spacial score (nSPS) is 24.5. The quantitative estimate of drug-likeness (QED) is 0.693. The standard InChI is InChI=1S/C24H28N4/c1-3-7-19(8-4-1)11-12-24-17-25-14-22(24)16-28(18-24)15-21-13-26-27-23(21)20-9-5-2-6-10-20/h1-10,13,22,25H,11-12,14-18H2,(H,26,27). The highest BCUT2D eigenvalue weighted by Gasteiger charge is 2.48. The van der Waals surface area contributed by atoms with E-state index in [0.717, 1.165) is 31.2 Å². The first-order chi connectivity index (χ1) is 13.8. The SMILES string of the molecule is c1ccc(CCC23CNCC2CN(Cc2cn[nH]c2-c2ccccc2)C3)cc1. The summed E-state index contributed by atoms with van der Waals surface area (Å²) in [4.78, 5) is 2.65. The molecular formula is C24H28N4. The molecule has 2 aliphatic heterocycles. The molecule has 2 saturated heterocycles. The van der Waals surface area contributed by atoms with Crippen LogP contribution in [0.1, 0.15) is 17.5 Å². The summed E-state index contributed by atoms with van der Waals surface area (Å²) in [6.07, 6.45) is 4.45. The molecule has 0 spiro atoms. The van der Waals surface area contributed by atoms with E-state index < -0.39 is 0 Å². The van der Waals surface area contributed by atoms with Gasteiger partial charge in [0.05, 0.1) is 11.9 Å². The molecule has 1 aromatic heterocycles. The van der Waals surface area contributed by atoms with Gasteiger partial charge in [-0.25, -0.2) is 0 Å². The lowest BCUT2D eigenvalue weighted by molar-refractivity contribution is 0.237. The average Bonchev–Trinajstić information content (AvgIpc) is 3.43. The first-order valence-corrected chi connectivity index (χ1v) is 10.4. The molecule has 0 radical (unpaired) electrons. The zero-order chi connectivity index (χ0) is 18.8. The fourth-order valence-corrected chi connectivity index (χ4v) is 5.18. The van der Waals surface area contributed by atoms with E-state index in [9.17, 15) is 0 Å². The molecule has 3 aromatic rings. The van der Waals surface area contributed by atoms with Gasteiger partial charge in [-0.1, -0.05) is 60.7 Å². The van der Waals surface area contributed by atoms with Crippen molar-refractivity contribution in [2.24, 2.45) is 11.3 Å². The Morgan fingerprint density at radius 1 is 1.04 bits per heavy atom. The number of likely N-dealkylation sites (tertiary alicyclic amines) is 1. The Hall–Kier alpha value is -2.43. The maximum Gasteiger partial charge on any atom is 0.0695 e. The van der Waals surface area contributed by atoms with Gasteiger partial charge in [0.1, 0.15) is 0 Å². The topological polar surface area (TPSA) is 44.0 Å². The number of aromatic amines is 1. The highest BCUT2D eigenvalue weighted by molar-refractivity contribution is 5.62. The molecule has 2 N–H and O–H groups in total. The van der Waals surface area contributed by atoms with E-state index in [1.807, 2.05) is 6.20 Å². The first kappa shape index (κ1) is 17.7. The molecule has 0 bridgehead atoms. The molecule has 0 aliphatic carbocycles. The second-order valence-electron chi connectivity index (χ2n) is 8.48. The van der Waals surface area contributed by atoms with Gasteiger partial charge >= 0.3 is 0 Å². The highest BCUT2D eigenvalue weighted by atomic mass is 15.2. The van der Waals surface area contributed by atoms with Crippen molar-refractivity contribution >= 4 is 0 Å². The Morgan fingerprint density at radius 2 is 1.82 bits per heavy atom. The Labute approximate surface area is 167 Å². The maximum absolute atomic E-state index is 4.34. The van der Waals surface area contributed by atoms with Gasteiger partial charge in [0, 0.05) is 37.2 Å². The molecule has 0 amide bonds. The lowest BCUT2D eigenvalue weighted by atomic mass is 9.76. The Morgan fingerprint density at radius 3 is 2.64 bits per heavy atom. The lowest BCUT2D eigenvalue weighted by Crippen LogP contribution is -2.33. The number of nitrogens with one attached hydrogen (secondary N) is 2. The monoisotopic (exact) mass is 372 g/mol. The number of benzene rings is 2.